The zero-order valence-electron chi connectivity index (χ0n) is 25.5. The van der Waals surface area contributed by atoms with Crippen molar-refractivity contribution in [2.45, 2.75) is 44.5 Å². The molecule has 0 unspecified atom stereocenters. The lowest BCUT2D eigenvalue weighted by atomic mass is 10.1. The van der Waals surface area contributed by atoms with E-state index in [4.69, 9.17) is 14.7 Å². The van der Waals surface area contributed by atoms with Gasteiger partial charge in [-0.05, 0) is 56.1 Å². The highest BCUT2D eigenvalue weighted by atomic mass is 19.1. The van der Waals surface area contributed by atoms with Crippen LogP contribution in [0, 0.1) is 11.3 Å². The van der Waals surface area contributed by atoms with Gasteiger partial charge in [-0.15, -0.1) is 0 Å². The molecule has 1 aromatic heterocycles. The molecule has 240 valence electrons. The van der Waals surface area contributed by atoms with Crippen molar-refractivity contribution in [1.82, 2.24) is 35.1 Å². The van der Waals surface area contributed by atoms with Crippen LogP contribution in [0.3, 0.4) is 0 Å². The lowest BCUT2D eigenvalue weighted by Gasteiger charge is -2.44. The van der Waals surface area contributed by atoms with Crippen LogP contribution in [-0.2, 0) is 14.3 Å². The Morgan fingerprint density at radius 1 is 1.24 bits per heavy atom. The zero-order valence-corrected chi connectivity index (χ0v) is 25.5. The molecule has 1 aliphatic carbocycles. The van der Waals surface area contributed by atoms with Gasteiger partial charge in [0.25, 0.3) is 5.91 Å². The van der Waals surface area contributed by atoms with Crippen LogP contribution in [0.2, 0.25) is 0 Å². The van der Waals surface area contributed by atoms with E-state index in [1.807, 2.05) is 0 Å². The first kappa shape index (κ1) is 32.2. The van der Waals surface area contributed by atoms with E-state index < -0.39 is 18.2 Å². The number of anilines is 1. The summed E-state index contributed by atoms with van der Waals surface area (Å²) in [5.41, 5.74) is 4.65. The molecule has 1 amide bonds. The van der Waals surface area contributed by atoms with Crippen molar-refractivity contribution in [3.05, 3.63) is 65.8 Å². The first-order valence-electron chi connectivity index (χ1n) is 15.2. The first-order chi connectivity index (χ1) is 21.9. The number of nitriles is 1. The Labute approximate surface area is 262 Å². The SMILES string of the molecule is C=C/C(O[C@H]1CCN(CC(=O)NO)C[C@H]1F)=C(C#N)\C=C(/C)c1ncnc(NC2=CC=C(N3CCN(C4COC4)CC3)CC2)n1. The van der Waals surface area contributed by atoms with Crippen molar-refractivity contribution in [2.24, 2.45) is 0 Å². The standard InChI is InChI=1S/C31H40FN9O4/c1-3-27(45-28-8-9-39(16-26(28)32)17-29(42)38-43)22(15-33)14-21(2)30-34-20-35-31(37-30)36-23-4-6-24(7-5-23)40-10-12-41(13-11-40)25-18-44-19-25/h3-4,6,14,20,25-26,28,43H,1,5,7-13,16-19H2,2H3,(H,38,42)(H,34,35,36,37)/b21-14+,27-22-/t26-,28+/m1/s1. The predicted molar refractivity (Wildman–Crippen MR) is 164 cm³/mol. The molecule has 14 heteroatoms. The number of hydrogen-bond donors (Lipinski definition) is 3. The number of aromatic nitrogens is 3. The highest BCUT2D eigenvalue weighted by Gasteiger charge is 2.32. The summed E-state index contributed by atoms with van der Waals surface area (Å²) >= 11 is 0. The summed E-state index contributed by atoms with van der Waals surface area (Å²) < 4.78 is 26.1. The third-order valence-corrected chi connectivity index (χ3v) is 8.45. The van der Waals surface area contributed by atoms with E-state index in [0.29, 0.717) is 36.4 Å². The molecule has 3 saturated heterocycles. The van der Waals surface area contributed by atoms with E-state index in [9.17, 15) is 14.4 Å². The highest BCUT2D eigenvalue weighted by Crippen LogP contribution is 2.26. The zero-order chi connectivity index (χ0) is 31.8. The number of hydroxylamine groups is 1. The maximum Gasteiger partial charge on any atom is 0.257 e. The van der Waals surface area contributed by atoms with E-state index in [0.717, 1.165) is 57.9 Å². The normalized spacial score (nSPS) is 24.0. The molecule has 0 radical (unpaired) electrons. The molecular formula is C31H40FN9O4. The lowest BCUT2D eigenvalue weighted by molar-refractivity contribution is -0.131. The number of amides is 1. The number of rotatable bonds is 11. The topological polar surface area (TPSA) is 152 Å². The maximum absolute atomic E-state index is 14.9. The molecule has 45 heavy (non-hydrogen) atoms. The minimum atomic E-state index is -1.40. The van der Waals surface area contributed by atoms with Gasteiger partial charge in [-0.1, -0.05) is 6.58 Å². The van der Waals surface area contributed by atoms with Gasteiger partial charge < -0.3 is 19.7 Å². The van der Waals surface area contributed by atoms with Crippen molar-refractivity contribution in [1.29, 1.82) is 5.26 Å². The molecule has 0 spiro atoms. The van der Waals surface area contributed by atoms with Gasteiger partial charge in [-0.3, -0.25) is 19.8 Å². The van der Waals surface area contributed by atoms with Gasteiger partial charge in [0, 0.05) is 50.7 Å². The number of allylic oxidation sites excluding steroid dienone is 8. The van der Waals surface area contributed by atoms with Crippen molar-refractivity contribution in [2.75, 3.05) is 64.3 Å². The second kappa shape index (κ2) is 15.2. The summed E-state index contributed by atoms with van der Waals surface area (Å²) in [7, 11) is 0. The number of likely N-dealkylation sites (tertiary alicyclic amines) is 1. The van der Waals surface area contributed by atoms with Crippen LogP contribution in [0.5, 0.6) is 0 Å². The minimum absolute atomic E-state index is 0.0407. The van der Waals surface area contributed by atoms with Gasteiger partial charge in [0.05, 0.1) is 31.4 Å². The van der Waals surface area contributed by atoms with E-state index in [2.05, 4.69) is 54.9 Å². The molecule has 4 heterocycles. The van der Waals surface area contributed by atoms with Gasteiger partial charge in [-0.2, -0.15) is 10.2 Å². The number of hydrogen-bond acceptors (Lipinski definition) is 12. The van der Waals surface area contributed by atoms with Crippen LogP contribution in [0.4, 0.5) is 10.3 Å². The highest BCUT2D eigenvalue weighted by molar-refractivity contribution is 5.76. The van der Waals surface area contributed by atoms with Crippen molar-refractivity contribution < 1.29 is 23.9 Å². The van der Waals surface area contributed by atoms with Gasteiger partial charge in [0.15, 0.2) is 5.82 Å². The van der Waals surface area contributed by atoms with Gasteiger partial charge in [0.1, 0.15) is 30.4 Å². The Kier molecular flexibility index (Phi) is 10.9. The molecular weight excluding hydrogens is 581 g/mol. The van der Waals surface area contributed by atoms with E-state index >= 15 is 0 Å². The maximum atomic E-state index is 14.9. The fraction of sp³-hybridized carbons (Fsp3) is 0.516. The van der Waals surface area contributed by atoms with Crippen LogP contribution >= 0.6 is 0 Å². The van der Waals surface area contributed by atoms with E-state index in [1.54, 1.807) is 23.4 Å². The smallest absolute Gasteiger partial charge is 0.257 e. The number of nitrogens with one attached hydrogen (secondary N) is 2. The van der Waals surface area contributed by atoms with E-state index in [1.165, 1.54) is 18.1 Å². The number of ether oxygens (including phenoxy) is 2. The molecule has 3 aliphatic heterocycles. The van der Waals surface area contributed by atoms with Crippen LogP contribution in [-0.4, -0.2) is 118 Å². The summed E-state index contributed by atoms with van der Waals surface area (Å²) in [6.45, 7) is 11.6. The predicted octanol–water partition coefficient (Wildman–Crippen LogP) is 2.16. The lowest BCUT2D eigenvalue weighted by Crippen LogP contribution is -2.56. The average Bonchev–Trinajstić information content (AvgIpc) is 3.03. The molecule has 4 aliphatic rings. The molecule has 3 N–H and O–H groups in total. The summed E-state index contributed by atoms with van der Waals surface area (Å²) in [5, 5.41) is 21.9. The van der Waals surface area contributed by atoms with Crippen LogP contribution in [0.25, 0.3) is 5.57 Å². The first-order valence-corrected chi connectivity index (χ1v) is 15.2. The minimum Gasteiger partial charge on any atom is -0.486 e. The number of nitrogens with zero attached hydrogens (tertiary/aromatic N) is 7. The average molecular weight is 622 g/mol. The molecule has 0 bridgehead atoms. The number of carbonyl (C=O) groups is 1. The number of piperidine rings is 1. The number of alkyl halides is 1. The molecule has 3 fully saturated rings. The molecule has 2 atom stereocenters. The van der Waals surface area contributed by atoms with Crippen molar-refractivity contribution in [3.63, 3.8) is 0 Å². The number of carbonyl (C=O) groups excluding carboxylic acids is 1. The third kappa shape index (κ3) is 8.31. The Morgan fingerprint density at radius 2 is 2.04 bits per heavy atom. The summed E-state index contributed by atoms with van der Waals surface area (Å²) in [6, 6.07) is 2.69. The number of piperazine rings is 1. The molecule has 5 rings (SSSR count). The van der Waals surface area contributed by atoms with Crippen LogP contribution in [0.1, 0.15) is 32.0 Å². The molecule has 1 aromatic rings. The van der Waals surface area contributed by atoms with E-state index in [-0.39, 0.29) is 24.4 Å². The van der Waals surface area contributed by atoms with Gasteiger partial charge in [0.2, 0.25) is 5.95 Å². The monoisotopic (exact) mass is 621 g/mol. The summed E-state index contributed by atoms with van der Waals surface area (Å²) in [5.74, 6) is 0.312. The van der Waals surface area contributed by atoms with Crippen molar-refractivity contribution >= 4 is 17.4 Å². The largest absolute Gasteiger partial charge is 0.486 e. The molecule has 0 aromatic carbocycles. The van der Waals surface area contributed by atoms with Gasteiger partial charge in [-0.25, -0.2) is 19.8 Å². The van der Waals surface area contributed by atoms with Crippen LogP contribution in [0.15, 0.2) is 59.9 Å². The Hall–Kier alpha value is -4.16. The fourth-order valence-corrected chi connectivity index (χ4v) is 5.78. The molecule has 13 nitrogen and oxygen atoms in total. The summed E-state index contributed by atoms with van der Waals surface area (Å²) in [6.07, 6.45) is 8.45. The number of halogens is 1. The second-order valence-corrected chi connectivity index (χ2v) is 11.5. The quantitative estimate of drug-likeness (QED) is 0.109. The Morgan fingerprint density at radius 3 is 2.67 bits per heavy atom. The third-order valence-electron chi connectivity index (χ3n) is 8.45. The Balaban J connectivity index is 1.19. The fourth-order valence-electron chi connectivity index (χ4n) is 5.78. The second-order valence-electron chi connectivity index (χ2n) is 11.5. The summed E-state index contributed by atoms with van der Waals surface area (Å²) in [4.78, 5) is 31.1. The van der Waals surface area contributed by atoms with Crippen molar-refractivity contribution in [3.8, 4) is 6.07 Å². The Bertz CT molecular complexity index is 1410. The van der Waals surface area contributed by atoms with Crippen LogP contribution < -0.4 is 10.8 Å². The van der Waals surface area contributed by atoms with Gasteiger partial charge >= 0.3 is 0 Å². The molecule has 0 saturated carbocycles.